The van der Waals surface area contributed by atoms with E-state index in [0.29, 0.717) is 0 Å². The van der Waals surface area contributed by atoms with Gasteiger partial charge >= 0.3 is 11.9 Å². The molecule has 2 N–H and O–H groups in total. The van der Waals surface area contributed by atoms with Crippen LogP contribution in [-0.2, 0) is 9.59 Å². The Balaban J connectivity index is 3.91. The predicted octanol–water partition coefficient (Wildman–Crippen LogP) is 3.05. The second-order valence-corrected chi connectivity index (χ2v) is 3.32. The van der Waals surface area contributed by atoms with Crippen molar-refractivity contribution in [1.82, 2.24) is 0 Å². The van der Waals surface area contributed by atoms with Gasteiger partial charge in [0.2, 0.25) is 0 Å². The molecule has 0 amide bonds. The van der Waals surface area contributed by atoms with E-state index in [1.807, 2.05) is 12.2 Å². The molecule has 104 valence electrons. The standard InChI is InChI=1S/C16H16O4/c17-15(18)13-11-9-7-5-3-1-2-4-6-8-10-12-14-16(19)20/h1-14H,(H,17,18)(H,19,20). The first-order chi connectivity index (χ1) is 9.63. The molecular formula is C16H16O4. The van der Waals surface area contributed by atoms with Crippen LogP contribution in [0.2, 0.25) is 0 Å². The van der Waals surface area contributed by atoms with Crippen molar-refractivity contribution >= 4 is 11.9 Å². The highest BCUT2D eigenvalue weighted by Crippen LogP contribution is 1.85. The molecule has 0 atom stereocenters. The lowest BCUT2D eigenvalue weighted by Crippen LogP contribution is -1.84. The van der Waals surface area contributed by atoms with E-state index in [1.165, 1.54) is 12.2 Å². The van der Waals surface area contributed by atoms with Gasteiger partial charge in [-0.1, -0.05) is 72.9 Å². The topological polar surface area (TPSA) is 74.6 Å². The lowest BCUT2D eigenvalue weighted by atomic mass is 10.3. The average Bonchev–Trinajstić information content (AvgIpc) is 2.38. The summed E-state index contributed by atoms with van der Waals surface area (Å²) in [6, 6.07) is 0. The lowest BCUT2D eigenvalue weighted by molar-refractivity contribution is -0.132. The van der Waals surface area contributed by atoms with Gasteiger partial charge in [0, 0.05) is 12.2 Å². The van der Waals surface area contributed by atoms with Gasteiger partial charge in [-0.15, -0.1) is 0 Å². The van der Waals surface area contributed by atoms with Gasteiger partial charge in [0.25, 0.3) is 0 Å². The van der Waals surface area contributed by atoms with E-state index in [4.69, 9.17) is 10.2 Å². The summed E-state index contributed by atoms with van der Waals surface area (Å²) < 4.78 is 0. The van der Waals surface area contributed by atoms with E-state index in [0.717, 1.165) is 12.2 Å². The third kappa shape index (κ3) is 15.1. The molecule has 0 bridgehead atoms. The molecule has 0 radical (unpaired) electrons. The maximum Gasteiger partial charge on any atom is 0.328 e. The molecule has 0 aliphatic carbocycles. The van der Waals surface area contributed by atoms with Crippen LogP contribution < -0.4 is 0 Å². The normalized spacial score (nSPS) is 13.4. The van der Waals surface area contributed by atoms with Crippen LogP contribution in [0.4, 0.5) is 0 Å². The third-order valence-electron chi connectivity index (χ3n) is 1.70. The summed E-state index contributed by atoms with van der Waals surface area (Å²) in [6.07, 6.45) is 22.4. The average molecular weight is 272 g/mol. The first kappa shape index (κ1) is 17.1. The number of rotatable bonds is 8. The molecule has 0 aromatic heterocycles. The summed E-state index contributed by atoms with van der Waals surface area (Å²) in [4.78, 5) is 20.3. The largest absolute Gasteiger partial charge is 0.478 e. The van der Waals surface area contributed by atoms with Crippen molar-refractivity contribution in [2.45, 2.75) is 0 Å². The Morgan fingerprint density at radius 3 is 0.850 bits per heavy atom. The Morgan fingerprint density at radius 2 is 0.650 bits per heavy atom. The van der Waals surface area contributed by atoms with Crippen molar-refractivity contribution in [3.63, 3.8) is 0 Å². The third-order valence-corrected chi connectivity index (χ3v) is 1.70. The fourth-order valence-electron chi connectivity index (χ4n) is 0.917. The molecule has 0 fully saturated rings. The SMILES string of the molecule is O=C(O)C=CC=CC=CC=CC=CC=CC=CC(=O)O. The summed E-state index contributed by atoms with van der Waals surface area (Å²) in [7, 11) is 0. The Bertz CT molecular complexity index is 455. The lowest BCUT2D eigenvalue weighted by Gasteiger charge is -1.76. The number of allylic oxidation sites excluding steroid dienone is 12. The molecule has 0 aromatic carbocycles. The summed E-state index contributed by atoms with van der Waals surface area (Å²) in [5, 5.41) is 16.6. The highest BCUT2D eigenvalue weighted by molar-refractivity contribution is 5.80. The van der Waals surface area contributed by atoms with Crippen LogP contribution in [0.25, 0.3) is 0 Å². The summed E-state index contributed by atoms with van der Waals surface area (Å²) in [5.41, 5.74) is 0. The van der Waals surface area contributed by atoms with Gasteiger partial charge in [-0.2, -0.15) is 0 Å². The van der Waals surface area contributed by atoms with Crippen LogP contribution >= 0.6 is 0 Å². The van der Waals surface area contributed by atoms with Gasteiger partial charge in [0.15, 0.2) is 0 Å². The molecular weight excluding hydrogens is 256 g/mol. The van der Waals surface area contributed by atoms with Crippen LogP contribution in [0.3, 0.4) is 0 Å². The highest BCUT2D eigenvalue weighted by atomic mass is 16.4. The minimum absolute atomic E-state index is 0.977. The molecule has 0 heterocycles. The number of hydrogen-bond acceptors (Lipinski definition) is 2. The number of aliphatic carboxylic acids is 2. The van der Waals surface area contributed by atoms with E-state index >= 15 is 0 Å². The molecule has 0 aliphatic rings. The molecule has 0 unspecified atom stereocenters. The van der Waals surface area contributed by atoms with Crippen molar-refractivity contribution in [3.05, 3.63) is 85.1 Å². The number of carboxylic acids is 2. The number of hydrogen-bond donors (Lipinski definition) is 2. The smallest absolute Gasteiger partial charge is 0.328 e. The van der Waals surface area contributed by atoms with E-state index in [2.05, 4.69) is 0 Å². The quantitative estimate of drug-likeness (QED) is 0.526. The van der Waals surface area contributed by atoms with Crippen molar-refractivity contribution < 1.29 is 19.8 Å². The van der Waals surface area contributed by atoms with Crippen LogP contribution in [0.15, 0.2) is 85.1 Å². The molecule has 4 heteroatoms. The monoisotopic (exact) mass is 272 g/mol. The van der Waals surface area contributed by atoms with Gasteiger partial charge in [0.1, 0.15) is 0 Å². The van der Waals surface area contributed by atoms with Crippen molar-refractivity contribution in [3.8, 4) is 0 Å². The first-order valence-corrected chi connectivity index (χ1v) is 5.77. The molecule has 4 nitrogen and oxygen atoms in total. The summed E-state index contributed by atoms with van der Waals surface area (Å²) >= 11 is 0. The van der Waals surface area contributed by atoms with Gasteiger partial charge < -0.3 is 10.2 Å². The molecule has 20 heavy (non-hydrogen) atoms. The Labute approximate surface area is 117 Å². The van der Waals surface area contributed by atoms with Crippen LogP contribution in [0.1, 0.15) is 0 Å². The fraction of sp³-hybridized carbons (Fsp3) is 0. The van der Waals surface area contributed by atoms with Gasteiger partial charge in [-0.05, 0) is 0 Å². The number of carbonyl (C=O) groups is 2. The Morgan fingerprint density at radius 1 is 0.450 bits per heavy atom. The van der Waals surface area contributed by atoms with E-state index < -0.39 is 11.9 Å². The van der Waals surface area contributed by atoms with Crippen LogP contribution in [-0.4, -0.2) is 22.2 Å². The zero-order valence-corrected chi connectivity index (χ0v) is 10.8. The fourth-order valence-corrected chi connectivity index (χ4v) is 0.917. The minimum Gasteiger partial charge on any atom is -0.478 e. The second kappa shape index (κ2) is 12.6. The highest BCUT2D eigenvalue weighted by Gasteiger charge is 1.79. The van der Waals surface area contributed by atoms with Crippen LogP contribution in [0.5, 0.6) is 0 Å². The predicted molar refractivity (Wildman–Crippen MR) is 79.3 cm³/mol. The number of carboxylic acid groups (broad SMARTS) is 2. The molecule has 0 aromatic rings. The second-order valence-electron chi connectivity index (χ2n) is 3.32. The van der Waals surface area contributed by atoms with E-state index in [1.54, 1.807) is 48.6 Å². The summed E-state index contributed by atoms with van der Waals surface area (Å²) in [5.74, 6) is -1.95. The molecule has 0 saturated heterocycles. The van der Waals surface area contributed by atoms with Gasteiger partial charge in [-0.3, -0.25) is 0 Å². The Hall–Kier alpha value is -2.88. The van der Waals surface area contributed by atoms with Crippen molar-refractivity contribution in [1.29, 1.82) is 0 Å². The molecule has 0 spiro atoms. The zero-order valence-electron chi connectivity index (χ0n) is 10.8. The first-order valence-electron chi connectivity index (χ1n) is 5.77. The van der Waals surface area contributed by atoms with Crippen molar-refractivity contribution in [2.24, 2.45) is 0 Å². The van der Waals surface area contributed by atoms with E-state index in [9.17, 15) is 9.59 Å². The molecule has 0 rings (SSSR count). The van der Waals surface area contributed by atoms with Crippen molar-refractivity contribution in [2.75, 3.05) is 0 Å². The molecule has 0 aliphatic heterocycles. The maximum atomic E-state index is 10.1. The molecule has 0 saturated carbocycles. The van der Waals surface area contributed by atoms with E-state index in [-0.39, 0.29) is 0 Å². The van der Waals surface area contributed by atoms with Gasteiger partial charge in [0.05, 0.1) is 0 Å². The summed E-state index contributed by atoms with van der Waals surface area (Å²) in [6.45, 7) is 0. The maximum absolute atomic E-state index is 10.1. The zero-order chi connectivity index (χ0) is 15.1. The minimum atomic E-state index is -0.977. The van der Waals surface area contributed by atoms with Crippen LogP contribution in [0, 0.1) is 0 Å². The Kier molecular flexibility index (Phi) is 10.8. The van der Waals surface area contributed by atoms with Gasteiger partial charge in [-0.25, -0.2) is 9.59 Å².